The first-order valence-corrected chi connectivity index (χ1v) is 5.75. The summed E-state index contributed by atoms with van der Waals surface area (Å²) in [5, 5.41) is 6.06. The minimum absolute atomic E-state index is 0.0583. The summed E-state index contributed by atoms with van der Waals surface area (Å²) in [4.78, 5) is 11.6. The topological polar surface area (TPSA) is 41.1 Å². The summed E-state index contributed by atoms with van der Waals surface area (Å²) in [6.07, 6.45) is 0. The number of benzene rings is 1. The highest BCUT2D eigenvalue weighted by Crippen LogP contribution is 2.22. The van der Waals surface area contributed by atoms with Gasteiger partial charge in [0.15, 0.2) is 0 Å². The molecule has 2 rings (SSSR count). The van der Waals surface area contributed by atoms with Gasteiger partial charge in [0.05, 0.1) is 0 Å². The van der Waals surface area contributed by atoms with E-state index in [1.165, 1.54) is 0 Å². The van der Waals surface area contributed by atoms with E-state index in [0.717, 1.165) is 22.1 Å². The van der Waals surface area contributed by atoms with Gasteiger partial charge in [0.1, 0.15) is 6.04 Å². The molecule has 1 aromatic carbocycles. The predicted molar refractivity (Wildman–Crippen MR) is 62.6 cm³/mol. The van der Waals surface area contributed by atoms with Crippen LogP contribution in [0.15, 0.2) is 22.7 Å². The zero-order valence-corrected chi connectivity index (χ0v) is 10.1. The first-order chi connectivity index (χ1) is 7.18. The molecule has 1 aromatic rings. The molecule has 0 aromatic heterocycles. The first kappa shape index (κ1) is 10.6. The van der Waals surface area contributed by atoms with Crippen molar-refractivity contribution in [3.63, 3.8) is 0 Å². The number of nitrogens with one attached hydrogen (secondary N) is 2. The summed E-state index contributed by atoms with van der Waals surface area (Å²) >= 11 is 3.45. The molecule has 1 amide bonds. The maximum atomic E-state index is 11.6. The normalized spacial score (nSPS) is 21.2. The number of hydrogen-bond acceptors (Lipinski definition) is 2. The molecule has 0 spiro atoms. The molecule has 1 atom stereocenters. The van der Waals surface area contributed by atoms with E-state index in [9.17, 15) is 4.79 Å². The van der Waals surface area contributed by atoms with E-state index in [0.29, 0.717) is 6.54 Å². The third kappa shape index (κ3) is 2.21. The number of piperazine rings is 1. The molecule has 80 valence electrons. The van der Waals surface area contributed by atoms with Crippen molar-refractivity contribution in [3.05, 3.63) is 33.8 Å². The highest BCUT2D eigenvalue weighted by molar-refractivity contribution is 9.10. The van der Waals surface area contributed by atoms with Gasteiger partial charge < -0.3 is 10.6 Å². The molecular formula is C11H13BrN2O. The molecule has 1 saturated heterocycles. The lowest BCUT2D eigenvalue weighted by Gasteiger charge is -2.24. The molecule has 0 radical (unpaired) electrons. The van der Waals surface area contributed by atoms with Crippen LogP contribution in [0.1, 0.15) is 17.2 Å². The largest absolute Gasteiger partial charge is 0.353 e. The summed E-state index contributed by atoms with van der Waals surface area (Å²) in [5.74, 6) is 0.0583. The second-order valence-electron chi connectivity index (χ2n) is 3.69. The molecule has 2 N–H and O–H groups in total. The molecule has 1 unspecified atom stereocenters. The Morgan fingerprint density at radius 2 is 2.20 bits per heavy atom. The van der Waals surface area contributed by atoms with E-state index in [1.54, 1.807) is 0 Å². The lowest BCUT2D eigenvalue weighted by molar-refractivity contribution is -0.124. The van der Waals surface area contributed by atoms with Gasteiger partial charge in [0.25, 0.3) is 0 Å². The van der Waals surface area contributed by atoms with Crippen LogP contribution in [0.2, 0.25) is 0 Å². The predicted octanol–water partition coefficient (Wildman–Crippen LogP) is 1.52. The molecule has 3 nitrogen and oxygen atoms in total. The summed E-state index contributed by atoms with van der Waals surface area (Å²) < 4.78 is 1.07. The van der Waals surface area contributed by atoms with Crippen LogP contribution in [0.5, 0.6) is 0 Å². The zero-order chi connectivity index (χ0) is 10.8. The van der Waals surface area contributed by atoms with Crippen LogP contribution < -0.4 is 10.6 Å². The summed E-state index contributed by atoms with van der Waals surface area (Å²) in [6, 6.07) is 5.78. The molecule has 1 fully saturated rings. The van der Waals surface area contributed by atoms with Crippen molar-refractivity contribution in [2.45, 2.75) is 13.0 Å². The van der Waals surface area contributed by atoms with Gasteiger partial charge in [-0.25, -0.2) is 0 Å². The fourth-order valence-electron chi connectivity index (χ4n) is 1.71. The molecule has 15 heavy (non-hydrogen) atoms. The Labute approximate surface area is 97.4 Å². The second kappa shape index (κ2) is 4.33. The van der Waals surface area contributed by atoms with Gasteiger partial charge in [-0.2, -0.15) is 0 Å². The maximum Gasteiger partial charge on any atom is 0.241 e. The average molecular weight is 269 g/mol. The summed E-state index contributed by atoms with van der Waals surface area (Å²) in [7, 11) is 0. The van der Waals surface area contributed by atoms with Crippen LogP contribution in [-0.2, 0) is 4.79 Å². The molecule has 0 aliphatic carbocycles. The SMILES string of the molecule is Cc1cc(C2NCCNC2=O)ccc1Br. The Morgan fingerprint density at radius 1 is 1.40 bits per heavy atom. The first-order valence-electron chi connectivity index (χ1n) is 4.95. The van der Waals surface area contributed by atoms with Crippen LogP contribution in [0.4, 0.5) is 0 Å². The molecule has 1 heterocycles. The van der Waals surface area contributed by atoms with Crippen molar-refractivity contribution in [2.24, 2.45) is 0 Å². The Balaban J connectivity index is 2.28. The minimum Gasteiger partial charge on any atom is -0.353 e. The molecule has 0 saturated carbocycles. The van der Waals surface area contributed by atoms with Crippen molar-refractivity contribution in [3.8, 4) is 0 Å². The van der Waals surface area contributed by atoms with Gasteiger partial charge >= 0.3 is 0 Å². The Kier molecular flexibility index (Phi) is 3.07. The number of aryl methyl sites for hydroxylation is 1. The second-order valence-corrected chi connectivity index (χ2v) is 4.54. The van der Waals surface area contributed by atoms with Crippen LogP contribution in [0.3, 0.4) is 0 Å². The number of carbonyl (C=O) groups is 1. The lowest BCUT2D eigenvalue weighted by Crippen LogP contribution is -2.47. The van der Waals surface area contributed by atoms with Gasteiger partial charge in [0.2, 0.25) is 5.91 Å². The van der Waals surface area contributed by atoms with Gasteiger partial charge in [-0.1, -0.05) is 28.1 Å². The summed E-state index contributed by atoms with van der Waals surface area (Å²) in [5.41, 5.74) is 2.17. The van der Waals surface area contributed by atoms with E-state index >= 15 is 0 Å². The van der Waals surface area contributed by atoms with Gasteiger partial charge in [-0.3, -0.25) is 4.79 Å². The van der Waals surface area contributed by atoms with Crippen LogP contribution in [-0.4, -0.2) is 19.0 Å². The van der Waals surface area contributed by atoms with Crippen molar-refractivity contribution in [1.29, 1.82) is 0 Å². The van der Waals surface area contributed by atoms with E-state index in [1.807, 2.05) is 25.1 Å². The smallest absolute Gasteiger partial charge is 0.241 e. The van der Waals surface area contributed by atoms with Gasteiger partial charge in [-0.05, 0) is 24.1 Å². The lowest BCUT2D eigenvalue weighted by atomic mass is 10.0. The van der Waals surface area contributed by atoms with Crippen molar-refractivity contribution >= 4 is 21.8 Å². The third-order valence-corrected chi connectivity index (χ3v) is 3.44. The van der Waals surface area contributed by atoms with Crippen LogP contribution >= 0.6 is 15.9 Å². The van der Waals surface area contributed by atoms with Gasteiger partial charge in [0, 0.05) is 17.6 Å². The molecule has 4 heteroatoms. The minimum atomic E-state index is -0.203. The molecule has 1 aliphatic heterocycles. The Bertz CT molecular complexity index is 392. The van der Waals surface area contributed by atoms with E-state index in [-0.39, 0.29) is 11.9 Å². The number of rotatable bonds is 1. The standard InChI is InChI=1S/C11H13BrN2O/c1-7-6-8(2-3-9(7)12)10-11(15)14-5-4-13-10/h2-3,6,10,13H,4-5H2,1H3,(H,14,15). The van der Waals surface area contributed by atoms with E-state index < -0.39 is 0 Å². The summed E-state index contributed by atoms with van der Waals surface area (Å²) in [6.45, 7) is 3.56. The quantitative estimate of drug-likeness (QED) is 0.811. The molecule has 0 bridgehead atoms. The number of halogens is 1. The Morgan fingerprint density at radius 3 is 2.87 bits per heavy atom. The number of hydrogen-bond donors (Lipinski definition) is 2. The van der Waals surface area contributed by atoms with Gasteiger partial charge in [-0.15, -0.1) is 0 Å². The number of amides is 1. The number of carbonyl (C=O) groups excluding carboxylic acids is 1. The highest BCUT2D eigenvalue weighted by atomic mass is 79.9. The zero-order valence-electron chi connectivity index (χ0n) is 8.51. The van der Waals surface area contributed by atoms with Crippen LogP contribution in [0, 0.1) is 6.92 Å². The van der Waals surface area contributed by atoms with Crippen molar-refractivity contribution in [1.82, 2.24) is 10.6 Å². The van der Waals surface area contributed by atoms with Crippen LogP contribution in [0.25, 0.3) is 0 Å². The fraction of sp³-hybridized carbons (Fsp3) is 0.364. The highest BCUT2D eigenvalue weighted by Gasteiger charge is 2.23. The van der Waals surface area contributed by atoms with E-state index in [4.69, 9.17) is 0 Å². The maximum absolute atomic E-state index is 11.6. The Hall–Kier alpha value is -0.870. The molecule has 1 aliphatic rings. The fourth-order valence-corrected chi connectivity index (χ4v) is 1.96. The average Bonchev–Trinajstić information content (AvgIpc) is 2.23. The van der Waals surface area contributed by atoms with Crippen molar-refractivity contribution in [2.75, 3.05) is 13.1 Å². The third-order valence-electron chi connectivity index (χ3n) is 2.55. The monoisotopic (exact) mass is 268 g/mol. The van der Waals surface area contributed by atoms with Crippen molar-refractivity contribution < 1.29 is 4.79 Å². The molecular weight excluding hydrogens is 256 g/mol. The van der Waals surface area contributed by atoms with E-state index in [2.05, 4.69) is 26.6 Å².